The summed E-state index contributed by atoms with van der Waals surface area (Å²) >= 11 is 0. The third-order valence-corrected chi connectivity index (χ3v) is 8.76. The number of phosphoric acid groups is 3. The van der Waals surface area contributed by atoms with Crippen molar-refractivity contribution in [3.8, 4) is 0 Å². The van der Waals surface area contributed by atoms with Gasteiger partial charge in [0.2, 0.25) is 5.95 Å². The summed E-state index contributed by atoms with van der Waals surface area (Å²) in [7, 11) is -17.0. The fourth-order valence-electron chi connectivity index (χ4n) is 3.54. The second-order valence-corrected chi connectivity index (χ2v) is 11.6. The van der Waals surface area contributed by atoms with Crippen molar-refractivity contribution in [2.45, 2.75) is 36.6 Å². The lowest BCUT2D eigenvalue weighted by Gasteiger charge is -2.30. The molecule has 7 atom stereocenters. The Morgan fingerprint density at radius 1 is 1.15 bits per heavy atom. The summed E-state index contributed by atoms with van der Waals surface area (Å²) in [5.74, 6) is -0.362. The molecule has 18 nitrogen and oxygen atoms in total. The van der Waals surface area contributed by atoms with Gasteiger partial charge in [0, 0.05) is 0 Å². The first kappa shape index (κ1) is 24.5. The number of hydrogen-bond acceptors (Lipinski definition) is 13. The molecule has 0 aromatic carbocycles. The van der Waals surface area contributed by atoms with Crippen LogP contribution in [0.25, 0.3) is 11.2 Å². The Morgan fingerprint density at radius 2 is 1.79 bits per heavy atom. The van der Waals surface area contributed by atoms with Crippen molar-refractivity contribution in [2.24, 2.45) is 0 Å². The third kappa shape index (κ3) is 4.10. The van der Waals surface area contributed by atoms with E-state index in [4.69, 9.17) is 26.0 Å². The largest absolute Gasteiger partial charge is 0.490 e. The number of hydrogen-bond donors (Lipinski definition) is 7. The first-order valence-corrected chi connectivity index (χ1v) is 13.0. The maximum absolute atomic E-state index is 15.7. The van der Waals surface area contributed by atoms with Gasteiger partial charge in [-0.25, -0.2) is 23.1 Å². The van der Waals surface area contributed by atoms with Crippen LogP contribution in [0.5, 0.6) is 0 Å². The van der Waals surface area contributed by atoms with Crippen molar-refractivity contribution < 1.29 is 60.6 Å². The van der Waals surface area contributed by atoms with Crippen molar-refractivity contribution in [2.75, 3.05) is 11.5 Å². The summed E-state index contributed by atoms with van der Waals surface area (Å²) in [4.78, 5) is 47.5. The van der Waals surface area contributed by atoms with Gasteiger partial charge in [-0.3, -0.25) is 9.09 Å². The van der Waals surface area contributed by atoms with E-state index in [0.29, 0.717) is 0 Å². The molecular weight excluding hydrogens is 520 g/mol. The zero-order valence-corrected chi connectivity index (χ0v) is 18.7. The van der Waals surface area contributed by atoms with Gasteiger partial charge < -0.3 is 40.9 Å². The lowest BCUT2D eigenvalue weighted by Crippen LogP contribution is -2.45. The smallest absolute Gasteiger partial charge is 0.382 e. The lowest BCUT2D eigenvalue weighted by molar-refractivity contribution is -0.112. The van der Waals surface area contributed by atoms with Crippen LogP contribution < -0.4 is 11.5 Å². The van der Waals surface area contributed by atoms with Crippen LogP contribution in [-0.4, -0.2) is 67.7 Å². The van der Waals surface area contributed by atoms with Crippen LogP contribution in [0.15, 0.2) is 6.33 Å². The van der Waals surface area contributed by atoms with E-state index in [2.05, 4.69) is 28.1 Å². The molecule has 33 heavy (non-hydrogen) atoms. The molecule has 184 valence electrons. The fourth-order valence-corrected chi connectivity index (χ4v) is 6.76. The molecule has 2 aromatic heterocycles. The fraction of sp³-hybridized carbons (Fsp3) is 0.545. The van der Waals surface area contributed by atoms with Crippen LogP contribution in [0.4, 0.5) is 16.2 Å². The van der Waals surface area contributed by atoms with Crippen molar-refractivity contribution in [3.63, 3.8) is 0 Å². The van der Waals surface area contributed by atoms with Gasteiger partial charge in [0.25, 0.3) is 0 Å². The number of fused-ring (bicyclic) bond motifs is 2. The first-order valence-electron chi connectivity index (χ1n) is 8.52. The SMILES string of the molecule is C[C@]1(F)[C@H](n2cnc3c(N)nc(N)nc32)O[C@@H]2C(OP(=O)(O)OP(=O)(O)OP(=O)(O)O)[C@@]21O. The Labute approximate surface area is 181 Å². The van der Waals surface area contributed by atoms with Gasteiger partial charge in [0.1, 0.15) is 17.7 Å². The number of nitrogens with two attached hydrogens (primary N) is 2. The Kier molecular flexibility index (Phi) is 5.36. The zero-order valence-electron chi connectivity index (χ0n) is 16.1. The highest BCUT2D eigenvalue weighted by Gasteiger charge is 2.85. The monoisotopic (exact) mass is 536 g/mol. The lowest BCUT2D eigenvalue weighted by atomic mass is 9.97. The molecule has 0 spiro atoms. The summed E-state index contributed by atoms with van der Waals surface area (Å²) < 4.78 is 68.0. The maximum atomic E-state index is 15.7. The van der Waals surface area contributed by atoms with Crippen molar-refractivity contribution in [1.29, 1.82) is 0 Å². The summed E-state index contributed by atoms with van der Waals surface area (Å²) in [6, 6.07) is 0. The van der Waals surface area contributed by atoms with Gasteiger partial charge in [-0.05, 0) is 6.92 Å². The molecule has 22 heteroatoms. The van der Waals surface area contributed by atoms with E-state index in [9.17, 15) is 28.6 Å². The molecule has 3 unspecified atom stereocenters. The number of ether oxygens (including phenoxy) is 1. The quantitative estimate of drug-likeness (QED) is 0.210. The predicted molar refractivity (Wildman–Crippen MR) is 101 cm³/mol. The number of rotatable bonds is 7. The van der Waals surface area contributed by atoms with Crippen LogP contribution >= 0.6 is 23.5 Å². The number of anilines is 2. The Bertz CT molecular complexity index is 1280. The van der Waals surface area contributed by atoms with E-state index in [1.54, 1.807) is 0 Å². The summed E-state index contributed by atoms with van der Waals surface area (Å²) in [5.41, 5.74) is 5.94. The van der Waals surface area contributed by atoms with E-state index < -0.39 is 53.2 Å². The Balaban J connectivity index is 1.55. The number of aliphatic hydroxyl groups is 1. The second-order valence-electron chi connectivity index (χ2n) is 7.22. The van der Waals surface area contributed by atoms with E-state index in [1.165, 1.54) is 0 Å². The van der Waals surface area contributed by atoms with Gasteiger partial charge >= 0.3 is 23.5 Å². The number of imidazole rings is 1. The highest BCUT2D eigenvalue weighted by Crippen LogP contribution is 2.71. The summed E-state index contributed by atoms with van der Waals surface area (Å²) in [5, 5.41) is 10.7. The number of halogens is 1. The van der Waals surface area contributed by atoms with Crippen molar-refractivity contribution in [3.05, 3.63) is 6.33 Å². The summed E-state index contributed by atoms with van der Waals surface area (Å²) in [6.45, 7) is 0.873. The van der Waals surface area contributed by atoms with Crippen LogP contribution in [-0.2, 0) is 31.6 Å². The molecule has 1 saturated heterocycles. The standard InChI is InChI=1S/C11H16FN6O12P3/c1-10(12)8(18-2-15-3-6(13)16-9(14)17-7(3)18)27-4-5(11(4,10)19)28-32(23,24)30-33(25,26)29-31(20,21)22/h2,4-5,8,19H,1H3,(H,23,24)(H,25,26)(H2,20,21,22)(H4,13,14,16,17)/t4-,5?,8-,10+,11+/m1/s1. The molecule has 4 rings (SSSR count). The minimum atomic E-state index is -5.80. The number of nitrogens with zero attached hydrogens (tertiary/aromatic N) is 4. The molecule has 0 bridgehead atoms. The number of aromatic nitrogens is 4. The number of phosphoric ester groups is 1. The van der Waals surface area contributed by atoms with E-state index >= 15 is 4.39 Å². The van der Waals surface area contributed by atoms with Crippen LogP contribution in [0.2, 0.25) is 0 Å². The van der Waals surface area contributed by atoms with E-state index in [0.717, 1.165) is 17.8 Å². The molecule has 2 fully saturated rings. The van der Waals surface area contributed by atoms with Gasteiger partial charge in [-0.2, -0.15) is 18.6 Å². The van der Waals surface area contributed by atoms with E-state index in [-0.39, 0.29) is 22.9 Å². The average molecular weight is 536 g/mol. The van der Waals surface area contributed by atoms with Gasteiger partial charge in [0.05, 0.1) is 6.33 Å². The number of alkyl halides is 1. The zero-order chi connectivity index (χ0) is 24.8. The van der Waals surface area contributed by atoms with E-state index in [1.807, 2.05) is 0 Å². The molecule has 3 heterocycles. The Morgan fingerprint density at radius 3 is 2.33 bits per heavy atom. The molecule has 1 aliphatic heterocycles. The third-order valence-electron chi connectivity index (χ3n) is 4.94. The van der Waals surface area contributed by atoms with Crippen molar-refractivity contribution >= 4 is 46.4 Å². The molecular formula is C11H16FN6O12P3. The van der Waals surface area contributed by atoms with Gasteiger partial charge in [-0.15, -0.1) is 0 Å². The molecule has 0 radical (unpaired) electrons. The highest BCUT2D eigenvalue weighted by molar-refractivity contribution is 7.66. The predicted octanol–water partition coefficient (Wildman–Crippen LogP) is -0.927. The second kappa shape index (κ2) is 7.21. The average Bonchev–Trinajstić information content (AvgIpc) is 2.89. The molecule has 2 aliphatic rings. The minimum absolute atomic E-state index is 0.0387. The molecule has 1 saturated carbocycles. The van der Waals surface area contributed by atoms with Crippen LogP contribution in [0.3, 0.4) is 0 Å². The maximum Gasteiger partial charge on any atom is 0.490 e. The first-order chi connectivity index (χ1) is 14.9. The highest BCUT2D eigenvalue weighted by atomic mass is 31.3. The van der Waals surface area contributed by atoms with Crippen LogP contribution in [0.1, 0.15) is 13.2 Å². The van der Waals surface area contributed by atoms with Crippen LogP contribution in [0, 0.1) is 0 Å². The molecule has 9 N–H and O–H groups in total. The molecule has 1 aliphatic carbocycles. The topological polar surface area (TPSA) is 285 Å². The molecule has 0 amide bonds. The normalized spacial score (nSPS) is 35.2. The van der Waals surface area contributed by atoms with Gasteiger partial charge in [-0.1, -0.05) is 0 Å². The van der Waals surface area contributed by atoms with Gasteiger partial charge in [0.15, 0.2) is 29.0 Å². The minimum Gasteiger partial charge on any atom is -0.382 e. The molecule has 2 aromatic rings. The Hall–Kier alpha value is -1.59. The number of nitrogen functional groups attached to an aromatic ring is 2. The van der Waals surface area contributed by atoms with Crippen molar-refractivity contribution in [1.82, 2.24) is 19.5 Å². The summed E-state index contributed by atoms with van der Waals surface area (Å²) in [6.07, 6.45) is -4.00.